The lowest BCUT2D eigenvalue weighted by Gasteiger charge is -2.33. The van der Waals surface area contributed by atoms with Gasteiger partial charge in [0.1, 0.15) is 11.8 Å². The van der Waals surface area contributed by atoms with Crippen LogP contribution in [0, 0.1) is 5.92 Å². The second kappa shape index (κ2) is 4.47. The molecule has 0 unspecified atom stereocenters. The van der Waals surface area contributed by atoms with E-state index in [4.69, 9.17) is 0 Å². The van der Waals surface area contributed by atoms with Crippen LogP contribution in [0.3, 0.4) is 0 Å². The number of nitrogens with zero attached hydrogens (tertiary/aromatic N) is 1. The second-order valence-electron chi connectivity index (χ2n) is 5.11. The van der Waals surface area contributed by atoms with Crippen molar-refractivity contribution in [1.29, 1.82) is 0 Å². The Morgan fingerprint density at radius 2 is 2.06 bits per heavy atom. The van der Waals surface area contributed by atoms with E-state index in [0.29, 0.717) is 5.92 Å². The quantitative estimate of drug-likeness (QED) is 0.591. The maximum absolute atomic E-state index is 12.2. The monoisotopic (exact) mass is 238 g/mol. The van der Waals surface area contributed by atoms with Crippen molar-refractivity contribution in [2.75, 3.05) is 6.54 Å². The van der Waals surface area contributed by atoms with Crippen LogP contribution in [0.5, 0.6) is 0 Å². The molecule has 17 heavy (non-hydrogen) atoms. The summed E-state index contributed by atoms with van der Waals surface area (Å²) in [6.07, 6.45) is 4.31. The lowest BCUT2D eigenvalue weighted by atomic mass is 9.77. The third kappa shape index (κ3) is 2.06. The number of imide groups is 1. The molecule has 2 rings (SSSR count). The van der Waals surface area contributed by atoms with Gasteiger partial charge in [-0.15, -0.1) is 0 Å². The van der Waals surface area contributed by atoms with Crippen LogP contribution in [0.2, 0.25) is 0 Å². The van der Waals surface area contributed by atoms with E-state index in [-0.39, 0.29) is 24.9 Å². The van der Waals surface area contributed by atoms with Crippen LogP contribution in [0.1, 0.15) is 39.0 Å². The zero-order valence-corrected chi connectivity index (χ0v) is 10.1. The first kappa shape index (κ1) is 12.1. The molecule has 0 aromatic rings. The van der Waals surface area contributed by atoms with Gasteiger partial charge in [0.2, 0.25) is 0 Å². The third-order valence-corrected chi connectivity index (χ3v) is 3.84. The summed E-state index contributed by atoms with van der Waals surface area (Å²) in [7, 11) is 0. The molecule has 1 spiro atoms. The number of amides is 3. The molecule has 0 aromatic heterocycles. The minimum absolute atomic E-state index is 0.142. The van der Waals surface area contributed by atoms with E-state index < -0.39 is 5.54 Å². The zero-order valence-electron chi connectivity index (χ0n) is 10.1. The Morgan fingerprint density at radius 3 is 2.65 bits per heavy atom. The van der Waals surface area contributed by atoms with Crippen LogP contribution >= 0.6 is 0 Å². The predicted octanol–water partition coefficient (Wildman–Crippen LogP) is 1.08. The molecule has 2 aliphatic rings. The predicted molar refractivity (Wildman–Crippen MR) is 61.3 cm³/mol. The van der Waals surface area contributed by atoms with E-state index in [1.165, 1.54) is 4.90 Å². The molecule has 5 nitrogen and oxygen atoms in total. The van der Waals surface area contributed by atoms with Crippen LogP contribution in [0.4, 0.5) is 4.79 Å². The van der Waals surface area contributed by atoms with Crippen molar-refractivity contribution < 1.29 is 14.4 Å². The summed E-state index contributed by atoms with van der Waals surface area (Å²) in [5, 5.41) is 2.82. The van der Waals surface area contributed by atoms with E-state index in [9.17, 15) is 14.4 Å². The highest BCUT2D eigenvalue weighted by Gasteiger charge is 2.51. The standard InChI is InChI=1S/C12H18N2O3/c1-9-3-5-12(6-4-9)10(16)14(7-2-8-15)11(17)13-12/h8-9H,2-7H2,1H3,(H,13,17). The molecule has 1 heterocycles. The fourth-order valence-electron chi connectivity index (χ4n) is 2.65. The molecule has 2 fully saturated rings. The van der Waals surface area contributed by atoms with E-state index in [1.807, 2.05) is 0 Å². The lowest BCUT2D eigenvalue weighted by molar-refractivity contribution is -0.132. The molecule has 3 amide bonds. The molecular weight excluding hydrogens is 220 g/mol. The highest BCUT2D eigenvalue weighted by molar-refractivity contribution is 6.07. The van der Waals surface area contributed by atoms with E-state index >= 15 is 0 Å². The van der Waals surface area contributed by atoms with E-state index in [1.54, 1.807) is 0 Å². The maximum Gasteiger partial charge on any atom is 0.325 e. The summed E-state index contributed by atoms with van der Waals surface area (Å²) in [5.41, 5.74) is -0.674. The van der Waals surface area contributed by atoms with Gasteiger partial charge in [-0.05, 0) is 31.6 Å². The lowest BCUT2D eigenvalue weighted by Crippen LogP contribution is -2.49. The number of nitrogens with one attached hydrogen (secondary N) is 1. The number of aldehydes is 1. The fourth-order valence-corrected chi connectivity index (χ4v) is 2.65. The van der Waals surface area contributed by atoms with Crippen molar-refractivity contribution >= 4 is 18.2 Å². The van der Waals surface area contributed by atoms with Crippen molar-refractivity contribution in [3.8, 4) is 0 Å². The molecule has 1 saturated heterocycles. The van der Waals surface area contributed by atoms with Gasteiger partial charge in [-0.2, -0.15) is 0 Å². The normalized spacial score (nSPS) is 33.0. The van der Waals surface area contributed by atoms with Crippen LogP contribution in [0.15, 0.2) is 0 Å². The van der Waals surface area contributed by atoms with Crippen LogP contribution in [-0.4, -0.2) is 35.2 Å². The zero-order chi connectivity index (χ0) is 12.5. The molecule has 0 atom stereocenters. The van der Waals surface area contributed by atoms with Gasteiger partial charge in [-0.25, -0.2) is 4.79 Å². The van der Waals surface area contributed by atoms with Gasteiger partial charge < -0.3 is 10.1 Å². The number of hydrogen-bond acceptors (Lipinski definition) is 3. The van der Waals surface area contributed by atoms with Crippen molar-refractivity contribution in [3.05, 3.63) is 0 Å². The van der Waals surface area contributed by atoms with Gasteiger partial charge in [-0.1, -0.05) is 6.92 Å². The Bertz CT molecular complexity index is 346. The number of carbonyl (C=O) groups is 3. The van der Waals surface area contributed by atoms with Crippen LogP contribution in [-0.2, 0) is 9.59 Å². The van der Waals surface area contributed by atoms with Crippen molar-refractivity contribution in [2.24, 2.45) is 5.92 Å². The van der Waals surface area contributed by atoms with E-state index in [2.05, 4.69) is 12.2 Å². The smallest absolute Gasteiger partial charge is 0.323 e. The molecule has 1 saturated carbocycles. The van der Waals surface area contributed by atoms with Crippen LogP contribution < -0.4 is 5.32 Å². The Morgan fingerprint density at radius 1 is 1.41 bits per heavy atom. The van der Waals surface area contributed by atoms with Gasteiger partial charge in [-0.3, -0.25) is 9.69 Å². The number of urea groups is 1. The largest absolute Gasteiger partial charge is 0.325 e. The first-order valence-corrected chi connectivity index (χ1v) is 6.17. The Labute approximate surface area is 101 Å². The maximum atomic E-state index is 12.2. The molecule has 94 valence electrons. The Balaban J connectivity index is 2.09. The Kier molecular flexibility index (Phi) is 3.17. The summed E-state index contributed by atoms with van der Waals surface area (Å²) in [6.45, 7) is 2.36. The summed E-state index contributed by atoms with van der Waals surface area (Å²) < 4.78 is 0. The average Bonchev–Trinajstić information content (AvgIpc) is 2.54. The number of rotatable bonds is 3. The average molecular weight is 238 g/mol. The minimum atomic E-state index is -0.674. The second-order valence-corrected chi connectivity index (χ2v) is 5.11. The van der Waals surface area contributed by atoms with Gasteiger partial charge in [0.25, 0.3) is 5.91 Å². The molecule has 5 heteroatoms. The minimum Gasteiger partial charge on any atom is -0.323 e. The van der Waals surface area contributed by atoms with Crippen molar-refractivity contribution in [1.82, 2.24) is 10.2 Å². The molecule has 0 radical (unpaired) electrons. The molecular formula is C12H18N2O3. The summed E-state index contributed by atoms with van der Waals surface area (Å²) >= 11 is 0. The highest BCUT2D eigenvalue weighted by atomic mass is 16.2. The van der Waals surface area contributed by atoms with Gasteiger partial charge >= 0.3 is 6.03 Å². The van der Waals surface area contributed by atoms with Gasteiger partial charge in [0.15, 0.2) is 0 Å². The highest BCUT2D eigenvalue weighted by Crippen LogP contribution is 2.36. The van der Waals surface area contributed by atoms with E-state index in [0.717, 1.165) is 32.0 Å². The third-order valence-electron chi connectivity index (χ3n) is 3.84. The molecule has 1 aliphatic carbocycles. The number of hydrogen-bond donors (Lipinski definition) is 1. The summed E-state index contributed by atoms with van der Waals surface area (Å²) in [5.74, 6) is 0.477. The first-order chi connectivity index (χ1) is 8.09. The van der Waals surface area contributed by atoms with Gasteiger partial charge in [0.05, 0.1) is 0 Å². The molecule has 1 N–H and O–H groups in total. The van der Waals surface area contributed by atoms with Crippen molar-refractivity contribution in [2.45, 2.75) is 44.6 Å². The summed E-state index contributed by atoms with van der Waals surface area (Å²) in [4.78, 5) is 35.5. The molecule has 0 bridgehead atoms. The molecule has 1 aliphatic heterocycles. The fraction of sp³-hybridized carbons (Fsp3) is 0.750. The van der Waals surface area contributed by atoms with Gasteiger partial charge in [0, 0.05) is 13.0 Å². The summed E-state index contributed by atoms with van der Waals surface area (Å²) in [6, 6.07) is -0.341. The first-order valence-electron chi connectivity index (χ1n) is 6.17. The Hall–Kier alpha value is -1.39. The number of carbonyl (C=O) groups excluding carboxylic acids is 3. The molecule has 0 aromatic carbocycles. The SMILES string of the molecule is CC1CCC2(CC1)NC(=O)N(CCC=O)C2=O. The topological polar surface area (TPSA) is 66.5 Å². The van der Waals surface area contributed by atoms with Crippen molar-refractivity contribution in [3.63, 3.8) is 0 Å². The van der Waals surface area contributed by atoms with Crippen LogP contribution in [0.25, 0.3) is 0 Å².